The first kappa shape index (κ1) is 9.71. The molecule has 2 rings (SSSR count). The average Bonchev–Trinajstić information content (AvgIpc) is 2.71. The standard InChI is InChI=1S/C11H12N2O2/c14-10(15)11(4-2-1-3-5-11)6-9-7-12-8-13-9/h1-4,7-8H,5-6H2,(H,12,13)(H,14,15). The third-order valence-electron chi connectivity index (χ3n) is 2.63. The summed E-state index contributed by atoms with van der Waals surface area (Å²) in [6, 6.07) is 0. The normalized spacial score (nSPS) is 24.3. The van der Waals surface area contributed by atoms with E-state index in [1.54, 1.807) is 24.7 Å². The van der Waals surface area contributed by atoms with E-state index in [9.17, 15) is 9.90 Å². The maximum atomic E-state index is 11.3. The number of aliphatic carboxylic acids is 1. The third-order valence-corrected chi connectivity index (χ3v) is 2.63. The van der Waals surface area contributed by atoms with Gasteiger partial charge in [-0.3, -0.25) is 4.79 Å². The Kier molecular flexibility index (Phi) is 2.41. The number of rotatable bonds is 3. The second-order valence-corrected chi connectivity index (χ2v) is 3.71. The highest BCUT2D eigenvalue weighted by atomic mass is 16.4. The summed E-state index contributed by atoms with van der Waals surface area (Å²) in [4.78, 5) is 18.1. The van der Waals surface area contributed by atoms with Crippen LogP contribution in [0.1, 0.15) is 12.1 Å². The molecule has 0 spiro atoms. The number of hydrogen-bond donors (Lipinski definition) is 2. The quantitative estimate of drug-likeness (QED) is 0.784. The second-order valence-electron chi connectivity index (χ2n) is 3.71. The molecule has 1 heterocycles. The summed E-state index contributed by atoms with van der Waals surface area (Å²) in [5.74, 6) is -0.794. The molecule has 0 radical (unpaired) electrons. The molecule has 0 aliphatic heterocycles. The van der Waals surface area contributed by atoms with E-state index in [-0.39, 0.29) is 0 Å². The minimum Gasteiger partial charge on any atom is -0.481 e. The molecule has 0 saturated heterocycles. The zero-order chi connectivity index (χ0) is 10.7. The SMILES string of the molecule is O=C(O)C1(Cc2cnc[nH]2)C=CC=CC1. The van der Waals surface area contributed by atoms with Crippen LogP contribution in [0.4, 0.5) is 0 Å². The predicted molar refractivity (Wildman–Crippen MR) is 55.3 cm³/mol. The molecule has 1 aliphatic carbocycles. The van der Waals surface area contributed by atoms with Crippen LogP contribution in [0, 0.1) is 5.41 Å². The van der Waals surface area contributed by atoms with Crippen molar-refractivity contribution in [3.05, 3.63) is 42.5 Å². The lowest BCUT2D eigenvalue weighted by molar-refractivity contribution is -0.145. The Morgan fingerprint density at radius 3 is 3.00 bits per heavy atom. The minimum atomic E-state index is -0.818. The van der Waals surface area contributed by atoms with Crippen molar-refractivity contribution in [1.29, 1.82) is 0 Å². The lowest BCUT2D eigenvalue weighted by Crippen LogP contribution is -2.31. The van der Waals surface area contributed by atoms with E-state index in [1.165, 1.54) is 0 Å². The van der Waals surface area contributed by atoms with Crippen molar-refractivity contribution in [1.82, 2.24) is 9.97 Å². The highest BCUT2D eigenvalue weighted by Gasteiger charge is 2.36. The van der Waals surface area contributed by atoms with Gasteiger partial charge in [0.25, 0.3) is 0 Å². The van der Waals surface area contributed by atoms with Crippen LogP contribution in [0.25, 0.3) is 0 Å². The van der Waals surface area contributed by atoms with Crippen LogP contribution in [0.15, 0.2) is 36.8 Å². The fourth-order valence-electron chi connectivity index (χ4n) is 1.75. The first-order valence-corrected chi connectivity index (χ1v) is 4.78. The van der Waals surface area contributed by atoms with Crippen molar-refractivity contribution in [2.24, 2.45) is 5.41 Å². The molecule has 1 unspecified atom stereocenters. The average molecular weight is 204 g/mol. The highest BCUT2D eigenvalue weighted by molar-refractivity contribution is 5.78. The topological polar surface area (TPSA) is 66.0 Å². The van der Waals surface area contributed by atoms with Crippen LogP contribution < -0.4 is 0 Å². The number of carboxylic acids is 1. The van der Waals surface area contributed by atoms with Crippen molar-refractivity contribution < 1.29 is 9.90 Å². The van der Waals surface area contributed by atoms with E-state index >= 15 is 0 Å². The van der Waals surface area contributed by atoms with E-state index in [1.807, 2.05) is 12.2 Å². The lowest BCUT2D eigenvalue weighted by Gasteiger charge is -2.25. The number of carbonyl (C=O) groups is 1. The Labute approximate surface area is 87.4 Å². The zero-order valence-electron chi connectivity index (χ0n) is 8.18. The number of nitrogens with zero attached hydrogens (tertiary/aromatic N) is 1. The number of H-pyrrole nitrogens is 1. The summed E-state index contributed by atoms with van der Waals surface area (Å²) < 4.78 is 0. The molecule has 0 aromatic carbocycles. The molecule has 15 heavy (non-hydrogen) atoms. The third kappa shape index (κ3) is 1.83. The first-order valence-electron chi connectivity index (χ1n) is 4.78. The molecule has 78 valence electrons. The fourth-order valence-corrected chi connectivity index (χ4v) is 1.75. The number of imidazole rings is 1. The molecule has 4 heteroatoms. The van der Waals surface area contributed by atoms with Gasteiger partial charge < -0.3 is 10.1 Å². The first-order chi connectivity index (χ1) is 7.23. The maximum absolute atomic E-state index is 11.3. The summed E-state index contributed by atoms with van der Waals surface area (Å²) >= 11 is 0. The van der Waals surface area contributed by atoms with Crippen LogP contribution in [-0.2, 0) is 11.2 Å². The van der Waals surface area contributed by atoms with Gasteiger partial charge in [-0.25, -0.2) is 4.98 Å². The van der Waals surface area contributed by atoms with E-state index in [0.29, 0.717) is 12.8 Å². The van der Waals surface area contributed by atoms with Crippen LogP contribution in [0.5, 0.6) is 0 Å². The van der Waals surface area contributed by atoms with Crippen LogP contribution in [0.2, 0.25) is 0 Å². The van der Waals surface area contributed by atoms with Gasteiger partial charge in [-0.05, 0) is 6.42 Å². The number of nitrogens with one attached hydrogen (secondary N) is 1. The van der Waals surface area contributed by atoms with Crippen molar-refractivity contribution in [3.63, 3.8) is 0 Å². The van der Waals surface area contributed by atoms with Gasteiger partial charge in [0, 0.05) is 18.3 Å². The molecule has 4 nitrogen and oxygen atoms in total. The van der Waals surface area contributed by atoms with Gasteiger partial charge in [0.15, 0.2) is 0 Å². The fraction of sp³-hybridized carbons (Fsp3) is 0.273. The molecule has 1 aromatic rings. The van der Waals surface area contributed by atoms with Crippen LogP contribution in [-0.4, -0.2) is 21.0 Å². The molecule has 1 aliphatic rings. The largest absolute Gasteiger partial charge is 0.481 e. The van der Waals surface area contributed by atoms with E-state index in [0.717, 1.165) is 5.69 Å². The van der Waals surface area contributed by atoms with Crippen molar-refractivity contribution in [2.45, 2.75) is 12.8 Å². The Morgan fingerprint density at radius 2 is 2.47 bits per heavy atom. The predicted octanol–water partition coefficient (Wildman–Crippen LogP) is 1.54. The van der Waals surface area contributed by atoms with Gasteiger partial charge in [0.1, 0.15) is 0 Å². The Balaban J connectivity index is 2.24. The molecule has 0 saturated carbocycles. The van der Waals surface area contributed by atoms with Gasteiger partial charge >= 0.3 is 5.97 Å². The van der Waals surface area contributed by atoms with Crippen molar-refractivity contribution >= 4 is 5.97 Å². The summed E-state index contributed by atoms with van der Waals surface area (Å²) in [7, 11) is 0. The monoisotopic (exact) mass is 204 g/mol. The maximum Gasteiger partial charge on any atom is 0.314 e. The highest BCUT2D eigenvalue weighted by Crippen LogP contribution is 2.31. The molecule has 2 N–H and O–H groups in total. The smallest absolute Gasteiger partial charge is 0.314 e. The van der Waals surface area contributed by atoms with E-state index in [4.69, 9.17) is 0 Å². The molecule has 1 atom stereocenters. The molecule has 0 fully saturated rings. The second kappa shape index (κ2) is 3.73. The summed E-state index contributed by atoms with van der Waals surface area (Å²) in [6.45, 7) is 0. The van der Waals surface area contributed by atoms with Gasteiger partial charge in [0.2, 0.25) is 0 Å². The minimum absolute atomic E-state index is 0.448. The number of hydrogen-bond acceptors (Lipinski definition) is 2. The lowest BCUT2D eigenvalue weighted by atomic mass is 9.78. The Hall–Kier alpha value is -1.84. The number of allylic oxidation sites excluding steroid dienone is 3. The molecule has 0 bridgehead atoms. The zero-order valence-corrected chi connectivity index (χ0v) is 8.18. The van der Waals surface area contributed by atoms with Crippen molar-refractivity contribution in [2.75, 3.05) is 0 Å². The van der Waals surface area contributed by atoms with Gasteiger partial charge in [-0.15, -0.1) is 0 Å². The molecule has 1 aromatic heterocycles. The molecular formula is C11H12N2O2. The van der Waals surface area contributed by atoms with Gasteiger partial charge in [-0.2, -0.15) is 0 Å². The van der Waals surface area contributed by atoms with Crippen LogP contribution >= 0.6 is 0 Å². The summed E-state index contributed by atoms with van der Waals surface area (Å²) in [6.07, 6.45) is 11.5. The molecule has 0 amide bonds. The van der Waals surface area contributed by atoms with E-state index < -0.39 is 11.4 Å². The summed E-state index contributed by atoms with van der Waals surface area (Å²) in [5, 5.41) is 9.27. The summed E-state index contributed by atoms with van der Waals surface area (Å²) in [5.41, 5.74) is 0.0266. The van der Waals surface area contributed by atoms with E-state index in [2.05, 4.69) is 9.97 Å². The molecular weight excluding hydrogens is 192 g/mol. The van der Waals surface area contributed by atoms with Crippen molar-refractivity contribution in [3.8, 4) is 0 Å². The number of aromatic nitrogens is 2. The van der Waals surface area contributed by atoms with Crippen LogP contribution in [0.3, 0.4) is 0 Å². The van der Waals surface area contributed by atoms with Gasteiger partial charge in [0.05, 0.1) is 11.7 Å². The Bertz CT molecular complexity index is 406. The number of carboxylic acid groups (broad SMARTS) is 1. The van der Waals surface area contributed by atoms with Gasteiger partial charge in [-0.1, -0.05) is 24.3 Å². The Morgan fingerprint density at radius 1 is 1.60 bits per heavy atom. The number of aromatic amines is 1.